The van der Waals surface area contributed by atoms with Gasteiger partial charge in [-0.3, -0.25) is 0 Å². The van der Waals surface area contributed by atoms with Crippen molar-refractivity contribution in [2.75, 3.05) is 11.9 Å². The van der Waals surface area contributed by atoms with Crippen LogP contribution in [0, 0.1) is 5.82 Å². The summed E-state index contributed by atoms with van der Waals surface area (Å²) in [4.78, 5) is 12.4. The summed E-state index contributed by atoms with van der Waals surface area (Å²) in [6.45, 7) is 6.50. The summed E-state index contributed by atoms with van der Waals surface area (Å²) < 4.78 is 15.3. The van der Waals surface area contributed by atoms with Crippen LogP contribution in [0.2, 0.25) is 0 Å². The van der Waals surface area contributed by atoms with E-state index in [0.29, 0.717) is 37.0 Å². The third kappa shape index (κ3) is 2.69. The fraction of sp³-hybridized carbons (Fsp3) is 0.500. The first-order valence-corrected chi connectivity index (χ1v) is 6.41. The third-order valence-corrected chi connectivity index (χ3v) is 2.61. The van der Waals surface area contributed by atoms with Crippen molar-refractivity contribution in [2.24, 2.45) is 0 Å². The normalized spacial score (nSPS) is 10.7. The molecule has 0 amide bonds. The molecule has 0 atom stereocenters. The maximum absolute atomic E-state index is 13.9. The Balaban J connectivity index is 2.50. The van der Waals surface area contributed by atoms with E-state index in [0.717, 1.165) is 6.20 Å². The molecule has 7 heteroatoms. The number of aryl methyl sites for hydroxylation is 2. The van der Waals surface area contributed by atoms with E-state index in [2.05, 4.69) is 25.4 Å². The maximum Gasteiger partial charge on any atom is 0.224 e. The molecule has 0 saturated heterocycles. The van der Waals surface area contributed by atoms with E-state index in [4.69, 9.17) is 0 Å². The zero-order valence-corrected chi connectivity index (χ0v) is 11.3. The van der Waals surface area contributed by atoms with Gasteiger partial charge in [0.2, 0.25) is 5.95 Å². The van der Waals surface area contributed by atoms with Crippen LogP contribution in [0.15, 0.2) is 6.20 Å². The first kappa shape index (κ1) is 13.4. The SMILES string of the molecule is CCNc1ncc(F)c(-n2nc(CC)nc2CC)n1. The van der Waals surface area contributed by atoms with Gasteiger partial charge in [-0.15, -0.1) is 5.10 Å². The second kappa shape index (κ2) is 5.73. The molecule has 0 spiro atoms. The average molecular weight is 264 g/mol. The number of hydrogen-bond acceptors (Lipinski definition) is 5. The monoisotopic (exact) mass is 264 g/mol. The van der Waals surface area contributed by atoms with E-state index < -0.39 is 5.82 Å². The standard InChI is InChI=1S/C12H17FN6/c1-4-9-16-10(5-2)19(18-9)11-8(13)7-15-12(17-11)14-6-3/h7H,4-6H2,1-3H3,(H,14,15,17). The second-order valence-corrected chi connectivity index (χ2v) is 3.96. The highest BCUT2D eigenvalue weighted by atomic mass is 19.1. The molecule has 2 aromatic heterocycles. The van der Waals surface area contributed by atoms with Crippen LogP contribution < -0.4 is 5.32 Å². The predicted molar refractivity (Wildman–Crippen MR) is 69.8 cm³/mol. The lowest BCUT2D eigenvalue weighted by Crippen LogP contribution is -2.11. The zero-order valence-electron chi connectivity index (χ0n) is 11.3. The summed E-state index contributed by atoms with van der Waals surface area (Å²) in [5.74, 6) is 1.38. The quantitative estimate of drug-likeness (QED) is 0.891. The number of halogens is 1. The molecule has 2 aromatic rings. The molecule has 0 saturated carbocycles. The molecule has 0 aliphatic carbocycles. The summed E-state index contributed by atoms with van der Waals surface area (Å²) in [5.41, 5.74) is 0. The van der Waals surface area contributed by atoms with Crippen molar-refractivity contribution in [2.45, 2.75) is 33.6 Å². The predicted octanol–water partition coefficient (Wildman–Crippen LogP) is 1.75. The minimum Gasteiger partial charge on any atom is -0.354 e. The first-order valence-electron chi connectivity index (χ1n) is 6.41. The highest BCUT2D eigenvalue weighted by Gasteiger charge is 2.15. The van der Waals surface area contributed by atoms with Gasteiger partial charge in [-0.25, -0.2) is 14.4 Å². The van der Waals surface area contributed by atoms with Gasteiger partial charge in [-0.2, -0.15) is 9.67 Å². The lowest BCUT2D eigenvalue weighted by Gasteiger charge is -2.07. The van der Waals surface area contributed by atoms with Crippen molar-refractivity contribution in [3.8, 4) is 5.82 Å². The van der Waals surface area contributed by atoms with Crippen molar-refractivity contribution >= 4 is 5.95 Å². The summed E-state index contributed by atoms with van der Waals surface area (Å²) in [7, 11) is 0. The molecule has 1 N–H and O–H groups in total. The van der Waals surface area contributed by atoms with Gasteiger partial charge in [0, 0.05) is 19.4 Å². The lowest BCUT2D eigenvalue weighted by atomic mass is 10.4. The summed E-state index contributed by atoms with van der Waals surface area (Å²) in [6.07, 6.45) is 2.51. The highest BCUT2D eigenvalue weighted by molar-refractivity contribution is 5.33. The molecule has 0 aliphatic heterocycles. The van der Waals surface area contributed by atoms with Gasteiger partial charge in [-0.05, 0) is 6.92 Å². The van der Waals surface area contributed by atoms with Crippen LogP contribution in [0.1, 0.15) is 32.4 Å². The molecule has 0 radical (unpaired) electrons. The number of rotatable bonds is 5. The zero-order chi connectivity index (χ0) is 13.8. The molecule has 0 unspecified atom stereocenters. The minimum absolute atomic E-state index is 0.134. The van der Waals surface area contributed by atoms with E-state index in [1.54, 1.807) is 0 Å². The van der Waals surface area contributed by atoms with Crippen molar-refractivity contribution in [3.05, 3.63) is 23.7 Å². The topological polar surface area (TPSA) is 68.5 Å². The van der Waals surface area contributed by atoms with Gasteiger partial charge in [0.05, 0.1) is 6.20 Å². The molecule has 6 nitrogen and oxygen atoms in total. The Hall–Kier alpha value is -2.05. The van der Waals surface area contributed by atoms with Crippen molar-refractivity contribution in [1.82, 2.24) is 24.7 Å². The van der Waals surface area contributed by atoms with E-state index in [1.165, 1.54) is 4.68 Å². The molecular formula is C12H17FN6. The summed E-state index contributed by atoms with van der Waals surface area (Å²) in [5, 5.41) is 7.23. The fourth-order valence-corrected chi connectivity index (χ4v) is 1.69. The van der Waals surface area contributed by atoms with Crippen LogP contribution in [0.25, 0.3) is 5.82 Å². The highest BCUT2D eigenvalue weighted by Crippen LogP contribution is 2.14. The van der Waals surface area contributed by atoms with E-state index in [9.17, 15) is 4.39 Å². The molecule has 19 heavy (non-hydrogen) atoms. The van der Waals surface area contributed by atoms with E-state index in [-0.39, 0.29) is 5.82 Å². The van der Waals surface area contributed by atoms with Crippen LogP contribution in [-0.4, -0.2) is 31.3 Å². The van der Waals surface area contributed by atoms with Gasteiger partial charge >= 0.3 is 0 Å². The van der Waals surface area contributed by atoms with Crippen LogP contribution >= 0.6 is 0 Å². The smallest absolute Gasteiger partial charge is 0.224 e. The van der Waals surface area contributed by atoms with E-state index in [1.807, 2.05) is 20.8 Å². The maximum atomic E-state index is 13.9. The minimum atomic E-state index is -0.510. The largest absolute Gasteiger partial charge is 0.354 e. The Bertz CT molecular complexity index is 565. The molecular weight excluding hydrogens is 247 g/mol. The molecule has 102 valence electrons. The molecule has 0 aromatic carbocycles. The Morgan fingerprint density at radius 2 is 2.00 bits per heavy atom. The Kier molecular flexibility index (Phi) is 4.03. The molecule has 2 rings (SSSR count). The number of hydrogen-bond donors (Lipinski definition) is 1. The number of nitrogens with zero attached hydrogens (tertiary/aromatic N) is 5. The van der Waals surface area contributed by atoms with Crippen molar-refractivity contribution < 1.29 is 4.39 Å². The van der Waals surface area contributed by atoms with Crippen LogP contribution in [-0.2, 0) is 12.8 Å². The molecule has 2 heterocycles. The van der Waals surface area contributed by atoms with Gasteiger partial charge in [0.25, 0.3) is 0 Å². The number of anilines is 1. The Morgan fingerprint density at radius 3 is 2.63 bits per heavy atom. The Labute approximate surface area is 111 Å². The molecule has 0 fully saturated rings. The lowest BCUT2D eigenvalue weighted by molar-refractivity contribution is 0.587. The van der Waals surface area contributed by atoms with E-state index >= 15 is 0 Å². The number of aromatic nitrogens is 5. The molecule has 0 aliphatic rings. The van der Waals surface area contributed by atoms with Gasteiger partial charge in [-0.1, -0.05) is 13.8 Å². The van der Waals surface area contributed by atoms with Crippen LogP contribution in [0.3, 0.4) is 0 Å². The van der Waals surface area contributed by atoms with Crippen LogP contribution in [0.5, 0.6) is 0 Å². The third-order valence-electron chi connectivity index (χ3n) is 2.61. The van der Waals surface area contributed by atoms with Gasteiger partial charge in [0.15, 0.2) is 17.5 Å². The summed E-state index contributed by atoms with van der Waals surface area (Å²) in [6, 6.07) is 0. The summed E-state index contributed by atoms with van der Waals surface area (Å²) >= 11 is 0. The van der Waals surface area contributed by atoms with Gasteiger partial charge in [0.1, 0.15) is 5.82 Å². The average Bonchev–Trinajstić information content (AvgIpc) is 2.84. The molecule has 0 bridgehead atoms. The van der Waals surface area contributed by atoms with Gasteiger partial charge < -0.3 is 5.32 Å². The Morgan fingerprint density at radius 1 is 1.21 bits per heavy atom. The fourth-order valence-electron chi connectivity index (χ4n) is 1.69. The van der Waals surface area contributed by atoms with Crippen LogP contribution in [0.4, 0.5) is 10.3 Å². The number of nitrogens with one attached hydrogen (secondary N) is 1. The first-order chi connectivity index (χ1) is 9.19. The van der Waals surface area contributed by atoms with Crippen molar-refractivity contribution in [3.63, 3.8) is 0 Å². The van der Waals surface area contributed by atoms with Crippen molar-refractivity contribution in [1.29, 1.82) is 0 Å². The second-order valence-electron chi connectivity index (χ2n) is 3.96.